The van der Waals surface area contributed by atoms with Crippen molar-refractivity contribution in [1.29, 1.82) is 0 Å². The quantitative estimate of drug-likeness (QED) is 0.467. The number of rotatable bonds is 2. The molecule has 2 aliphatic rings. The number of oxazole rings is 1. The third kappa shape index (κ3) is 6.55. The van der Waals surface area contributed by atoms with Crippen molar-refractivity contribution in [3.05, 3.63) is 72.0 Å². The number of carbonyl (C=O) groups excluding carboxylic acids is 3. The second-order valence-electron chi connectivity index (χ2n) is 10.9. The minimum absolute atomic E-state index is 0.0686. The largest absolute Gasteiger partial charge is 0.494 e. The van der Waals surface area contributed by atoms with E-state index < -0.39 is 0 Å². The number of fused-ring (bicyclic) bond motifs is 2. The van der Waals surface area contributed by atoms with Gasteiger partial charge in [0.1, 0.15) is 17.2 Å². The van der Waals surface area contributed by atoms with E-state index >= 15 is 0 Å². The highest BCUT2D eigenvalue weighted by Gasteiger charge is 2.38. The Hall–Kier alpha value is -4.28. The van der Waals surface area contributed by atoms with Gasteiger partial charge in [0, 0.05) is 57.7 Å². The number of piperidine rings is 1. The molecule has 1 spiro atoms. The summed E-state index contributed by atoms with van der Waals surface area (Å²) in [6, 6.07) is 7.24. The van der Waals surface area contributed by atoms with Gasteiger partial charge in [0.05, 0.1) is 12.8 Å². The maximum atomic E-state index is 13.5. The summed E-state index contributed by atoms with van der Waals surface area (Å²) in [5.41, 5.74) is 1.02. The third-order valence-corrected chi connectivity index (χ3v) is 8.10. The summed E-state index contributed by atoms with van der Waals surface area (Å²) < 4.78 is 11.2. The average Bonchev–Trinajstić information content (AvgIpc) is 3.43. The van der Waals surface area contributed by atoms with E-state index in [1.165, 1.54) is 18.8 Å². The highest BCUT2D eigenvalue weighted by molar-refractivity contribution is 5.95. The molecule has 3 amide bonds. The third-order valence-electron chi connectivity index (χ3n) is 8.10. The van der Waals surface area contributed by atoms with E-state index in [1.807, 2.05) is 29.0 Å². The Morgan fingerprint density at radius 2 is 1.73 bits per heavy atom. The van der Waals surface area contributed by atoms with Crippen molar-refractivity contribution < 1.29 is 23.5 Å². The summed E-state index contributed by atoms with van der Waals surface area (Å²) in [7, 11) is 1.83. The van der Waals surface area contributed by atoms with Crippen LogP contribution in [0.3, 0.4) is 0 Å². The zero-order valence-corrected chi connectivity index (χ0v) is 23.6. The van der Waals surface area contributed by atoms with Gasteiger partial charge in [0.2, 0.25) is 0 Å². The molecule has 2 aliphatic heterocycles. The van der Waals surface area contributed by atoms with Crippen LogP contribution in [-0.2, 0) is 0 Å². The molecule has 1 aromatic carbocycles. The van der Waals surface area contributed by atoms with E-state index in [0.717, 1.165) is 25.7 Å². The van der Waals surface area contributed by atoms with Crippen LogP contribution in [-0.4, -0.2) is 93.8 Å². The van der Waals surface area contributed by atoms with E-state index in [1.54, 1.807) is 30.2 Å². The normalized spacial score (nSPS) is 18.4. The monoisotopic (exact) mass is 560 g/mol. The first-order valence-electron chi connectivity index (χ1n) is 14.1. The molecule has 41 heavy (non-hydrogen) atoms. The standard InChI is InChI=1S/C30H36N6O5/c1-22-26(33-21-41-22)29(39)36-15-9-30(10-16-36)8-4-13-35(28(38)25-19-31-11-12-32-25)14-5-17-40-24-7-3-6-23(18-24)27(37)34(2)20-30/h3,6-7,11-12,18-19,21H,4-5,8-10,13-17,20H2,1-2H3. The van der Waals surface area contributed by atoms with Gasteiger partial charge in [0.15, 0.2) is 12.1 Å². The number of hydrogen-bond donors (Lipinski definition) is 0. The van der Waals surface area contributed by atoms with Crippen molar-refractivity contribution in [3.8, 4) is 5.75 Å². The lowest BCUT2D eigenvalue weighted by Crippen LogP contribution is -2.48. The molecule has 5 rings (SSSR count). The van der Waals surface area contributed by atoms with Crippen LogP contribution in [0, 0.1) is 12.3 Å². The molecule has 1 fully saturated rings. The Kier molecular flexibility index (Phi) is 8.61. The van der Waals surface area contributed by atoms with Crippen LogP contribution in [0.4, 0.5) is 0 Å². The second-order valence-corrected chi connectivity index (χ2v) is 10.9. The predicted octanol–water partition coefficient (Wildman–Crippen LogP) is 3.47. The molecule has 0 unspecified atom stereocenters. The molecule has 11 nitrogen and oxygen atoms in total. The minimum Gasteiger partial charge on any atom is -0.494 e. The number of carbonyl (C=O) groups is 3. The van der Waals surface area contributed by atoms with Gasteiger partial charge in [0.25, 0.3) is 17.7 Å². The smallest absolute Gasteiger partial charge is 0.276 e. The summed E-state index contributed by atoms with van der Waals surface area (Å²) in [4.78, 5) is 57.7. The van der Waals surface area contributed by atoms with Crippen molar-refractivity contribution >= 4 is 17.7 Å². The predicted molar refractivity (Wildman–Crippen MR) is 149 cm³/mol. The first-order valence-corrected chi connectivity index (χ1v) is 14.1. The Labute approximate surface area is 239 Å². The molecule has 4 heterocycles. The number of hydrogen-bond acceptors (Lipinski definition) is 8. The van der Waals surface area contributed by atoms with E-state index in [4.69, 9.17) is 9.15 Å². The second kappa shape index (κ2) is 12.5. The molecule has 2 aromatic heterocycles. The van der Waals surface area contributed by atoms with Crippen molar-refractivity contribution in [1.82, 2.24) is 29.7 Å². The fourth-order valence-corrected chi connectivity index (χ4v) is 5.82. The summed E-state index contributed by atoms with van der Waals surface area (Å²) in [6.45, 7) is 4.86. The Morgan fingerprint density at radius 3 is 2.46 bits per heavy atom. The summed E-state index contributed by atoms with van der Waals surface area (Å²) in [5.74, 6) is 0.768. The molecule has 0 saturated carbocycles. The van der Waals surface area contributed by atoms with E-state index in [-0.39, 0.29) is 23.1 Å². The molecule has 0 atom stereocenters. The lowest BCUT2D eigenvalue weighted by atomic mass is 9.74. The van der Waals surface area contributed by atoms with Gasteiger partial charge in [-0.2, -0.15) is 0 Å². The molecule has 1 saturated heterocycles. The molecular weight excluding hydrogens is 524 g/mol. The van der Waals surface area contributed by atoms with Gasteiger partial charge >= 0.3 is 0 Å². The fraction of sp³-hybridized carbons (Fsp3) is 0.467. The molecule has 0 N–H and O–H groups in total. The Bertz CT molecular complexity index is 1370. The average molecular weight is 561 g/mol. The summed E-state index contributed by atoms with van der Waals surface area (Å²) in [5, 5.41) is 0. The SMILES string of the molecule is Cc1ocnc1C(=O)N1CCC2(CCCN(C(=O)c3cnccn3)CCCOc3cccc(c3)C(=O)N(C)C2)CC1. The van der Waals surface area contributed by atoms with Crippen molar-refractivity contribution in [2.24, 2.45) is 5.41 Å². The van der Waals surface area contributed by atoms with Crippen LogP contribution in [0.1, 0.15) is 69.2 Å². The van der Waals surface area contributed by atoms with Crippen LogP contribution in [0.5, 0.6) is 5.75 Å². The highest BCUT2D eigenvalue weighted by atomic mass is 16.5. The van der Waals surface area contributed by atoms with Crippen molar-refractivity contribution in [3.63, 3.8) is 0 Å². The van der Waals surface area contributed by atoms with Crippen LogP contribution < -0.4 is 4.74 Å². The number of nitrogens with zero attached hydrogens (tertiary/aromatic N) is 6. The molecule has 0 aliphatic carbocycles. The van der Waals surface area contributed by atoms with Gasteiger partial charge in [-0.1, -0.05) is 6.07 Å². The summed E-state index contributed by atoms with van der Waals surface area (Å²) >= 11 is 0. The van der Waals surface area contributed by atoms with Crippen LogP contribution in [0.15, 0.2) is 53.7 Å². The zero-order chi connectivity index (χ0) is 28.8. The molecule has 3 aromatic rings. The number of aromatic nitrogens is 3. The van der Waals surface area contributed by atoms with E-state index in [0.29, 0.717) is 74.2 Å². The van der Waals surface area contributed by atoms with Gasteiger partial charge in [-0.25, -0.2) is 9.97 Å². The molecule has 11 heteroatoms. The Morgan fingerprint density at radius 1 is 0.951 bits per heavy atom. The topological polar surface area (TPSA) is 122 Å². The molecular formula is C30H36N6O5. The lowest BCUT2D eigenvalue weighted by Gasteiger charge is -2.44. The van der Waals surface area contributed by atoms with Crippen LogP contribution in [0.25, 0.3) is 0 Å². The number of likely N-dealkylation sites (tertiary alicyclic amines) is 1. The number of benzene rings is 1. The first-order chi connectivity index (χ1) is 19.8. The van der Waals surface area contributed by atoms with Gasteiger partial charge in [-0.15, -0.1) is 0 Å². The van der Waals surface area contributed by atoms with Crippen molar-refractivity contribution in [2.45, 2.75) is 39.0 Å². The van der Waals surface area contributed by atoms with Crippen molar-refractivity contribution in [2.75, 3.05) is 46.4 Å². The number of amides is 3. The maximum absolute atomic E-state index is 13.5. The number of aryl methyl sites for hydroxylation is 1. The van der Waals surface area contributed by atoms with Gasteiger partial charge in [-0.05, 0) is 62.6 Å². The lowest BCUT2D eigenvalue weighted by molar-refractivity contribution is 0.0380. The highest BCUT2D eigenvalue weighted by Crippen LogP contribution is 2.38. The molecule has 2 bridgehead atoms. The minimum atomic E-state index is -0.213. The van der Waals surface area contributed by atoms with Crippen LogP contribution >= 0.6 is 0 Å². The number of ether oxygens (including phenoxy) is 1. The van der Waals surface area contributed by atoms with Crippen LogP contribution in [0.2, 0.25) is 0 Å². The van der Waals surface area contributed by atoms with Gasteiger partial charge < -0.3 is 23.9 Å². The summed E-state index contributed by atoms with van der Waals surface area (Å²) in [6.07, 6.45) is 9.50. The Balaban J connectivity index is 1.37. The molecule has 216 valence electrons. The maximum Gasteiger partial charge on any atom is 0.276 e. The molecule has 0 radical (unpaired) electrons. The first kappa shape index (κ1) is 28.3. The van der Waals surface area contributed by atoms with E-state index in [2.05, 4.69) is 15.0 Å². The van der Waals surface area contributed by atoms with Gasteiger partial charge in [-0.3, -0.25) is 19.4 Å². The zero-order valence-electron chi connectivity index (χ0n) is 23.6. The fourth-order valence-electron chi connectivity index (χ4n) is 5.82. The van der Waals surface area contributed by atoms with E-state index in [9.17, 15) is 14.4 Å².